The number of aromatic nitrogens is 2. The van der Waals surface area contributed by atoms with Gasteiger partial charge in [0.1, 0.15) is 11.6 Å². The van der Waals surface area contributed by atoms with Crippen molar-refractivity contribution in [2.75, 3.05) is 0 Å². The predicted octanol–water partition coefficient (Wildman–Crippen LogP) is 6.13. The lowest BCUT2D eigenvalue weighted by atomic mass is 10.0. The first-order chi connectivity index (χ1) is 12.5. The molecule has 3 rings (SSSR count). The van der Waals surface area contributed by atoms with Crippen molar-refractivity contribution in [3.05, 3.63) is 77.2 Å². The van der Waals surface area contributed by atoms with E-state index in [4.69, 9.17) is 4.74 Å². The molecule has 0 aliphatic rings. The Morgan fingerprint density at radius 2 is 1.81 bits per heavy atom. The van der Waals surface area contributed by atoms with E-state index in [2.05, 4.69) is 29.9 Å². The van der Waals surface area contributed by atoms with Crippen molar-refractivity contribution in [1.82, 2.24) is 9.97 Å². The van der Waals surface area contributed by atoms with E-state index < -0.39 is 0 Å². The average Bonchev–Trinajstić information content (AvgIpc) is 2.61. The first-order valence-corrected chi connectivity index (χ1v) is 9.49. The molecule has 3 aromatic rings. The van der Waals surface area contributed by atoms with E-state index in [9.17, 15) is 4.39 Å². The van der Waals surface area contributed by atoms with E-state index in [1.165, 1.54) is 29.5 Å². The molecule has 0 aliphatic heterocycles. The minimum absolute atomic E-state index is 0.232. The third kappa shape index (κ3) is 5.05. The number of rotatable bonds is 6. The number of nitrogens with zero attached hydrogens (tertiary/aromatic N) is 2. The van der Waals surface area contributed by atoms with Crippen molar-refractivity contribution in [1.29, 1.82) is 0 Å². The fourth-order valence-corrected chi connectivity index (χ4v) is 3.27. The van der Waals surface area contributed by atoms with Crippen LogP contribution in [0.25, 0.3) is 0 Å². The smallest absolute Gasteiger partial charge is 0.223 e. The van der Waals surface area contributed by atoms with Crippen LogP contribution in [-0.2, 0) is 5.75 Å². The number of hydrogen-bond acceptors (Lipinski definition) is 4. The highest BCUT2D eigenvalue weighted by Gasteiger charge is 2.07. The molecule has 0 amide bonds. The Morgan fingerprint density at radius 3 is 2.54 bits per heavy atom. The summed E-state index contributed by atoms with van der Waals surface area (Å²) >= 11 is 1.50. The summed E-state index contributed by atoms with van der Waals surface area (Å²) in [7, 11) is 0. The lowest BCUT2D eigenvalue weighted by molar-refractivity contribution is 0.453. The Morgan fingerprint density at radius 1 is 1.04 bits per heavy atom. The second-order valence-corrected chi connectivity index (χ2v) is 7.32. The summed E-state index contributed by atoms with van der Waals surface area (Å²) in [4.78, 5) is 8.94. The quantitative estimate of drug-likeness (QED) is 0.387. The monoisotopic (exact) mass is 368 g/mol. The summed E-state index contributed by atoms with van der Waals surface area (Å²) in [6.07, 6.45) is 0. The van der Waals surface area contributed by atoms with Gasteiger partial charge in [-0.2, -0.15) is 4.98 Å². The Balaban J connectivity index is 1.73. The van der Waals surface area contributed by atoms with Gasteiger partial charge in [0.05, 0.1) is 0 Å². The number of halogens is 1. The average molecular weight is 368 g/mol. The Hall–Kier alpha value is -2.40. The van der Waals surface area contributed by atoms with Crippen molar-refractivity contribution < 1.29 is 9.13 Å². The predicted molar refractivity (Wildman–Crippen MR) is 103 cm³/mol. The van der Waals surface area contributed by atoms with Gasteiger partial charge in [0.2, 0.25) is 5.88 Å². The van der Waals surface area contributed by atoms with Gasteiger partial charge in [0.25, 0.3) is 0 Å². The third-order valence-electron chi connectivity index (χ3n) is 3.84. The molecule has 0 bridgehead atoms. The maximum absolute atomic E-state index is 13.0. The molecule has 0 aliphatic carbocycles. The molecule has 3 nitrogen and oxygen atoms in total. The zero-order valence-corrected chi connectivity index (χ0v) is 15.9. The van der Waals surface area contributed by atoms with E-state index in [-0.39, 0.29) is 5.82 Å². The van der Waals surface area contributed by atoms with Crippen LogP contribution < -0.4 is 4.74 Å². The van der Waals surface area contributed by atoms with Gasteiger partial charge in [-0.3, -0.25) is 0 Å². The Kier molecular flexibility index (Phi) is 5.89. The highest BCUT2D eigenvalue weighted by Crippen LogP contribution is 2.27. The SMILES string of the molecule is Cc1cc(Oc2cccc(C(C)C)c2)nc(SCc2ccc(F)cc2)n1. The van der Waals surface area contributed by atoms with Crippen molar-refractivity contribution in [3.8, 4) is 11.6 Å². The second kappa shape index (κ2) is 8.32. The summed E-state index contributed by atoms with van der Waals surface area (Å²) in [6, 6.07) is 16.3. The first kappa shape index (κ1) is 18.4. The van der Waals surface area contributed by atoms with Gasteiger partial charge in [0.15, 0.2) is 5.16 Å². The number of hydrogen-bond donors (Lipinski definition) is 0. The maximum atomic E-state index is 13.0. The molecule has 0 N–H and O–H groups in total. The molecule has 0 saturated heterocycles. The minimum atomic E-state index is -0.232. The lowest BCUT2D eigenvalue weighted by Gasteiger charge is -2.10. The molecule has 0 radical (unpaired) electrons. The van der Waals surface area contributed by atoms with E-state index in [0.717, 1.165) is 17.0 Å². The van der Waals surface area contributed by atoms with Gasteiger partial charge < -0.3 is 4.74 Å². The van der Waals surface area contributed by atoms with Crippen LogP contribution in [0.4, 0.5) is 4.39 Å². The summed E-state index contributed by atoms with van der Waals surface area (Å²) < 4.78 is 18.9. The van der Waals surface area contributed by atoms with Crippen LogP contribution in [0.15, 0.2) is 59.8 Å². The standard InChI is InChI=1S/C21H21FN2OS/c1-14(2)17-5-4-6-19(12-17)25-20-11-15(3)23-21(24-20)26-13-16-7-9-18(22)10-8-16/h4-12,14H,13H2,1-3H3. The van der Waals surface area contributed by atoms with Crippen molar-refractivity contribution in [3.63, 3.8) is 0 Å². The van der Waals surface area contributed by atoms with Gasteiger partial charge in [-0.1, -0.05) is 49.9 Å². The van der Waals surface area contributed by atoms with Crippen LogP contribution in [0.1, 0.15) is 36.6 Å². The molecule has 0 spiro atoms. The van der Waals surface area contributed by atoms with Crippen molar-refractivity contribution >= 4 is 11.8 Å². The summed E-state index contributed by atoms with van der Waals surface area (Å²) in [5.41, 5.74) is 3.09. The van der Waals surface area contributed by atoms with Crippen LogP contribution in [0, 0.1) is 12.7 Å². The molecule has 134 valence electrons. The zero-order valence-electron chi connectivity index (χ0n) is 15.1. The van der Waals surface area contributed by atoms with Crippen molar-refractivity contribution in [2.24, 2.45) is 0 Å². The zero-order chi connectivity index (χ0) is 18.5. The highest BCUT2D eigenvalue weighted by molar-refractivity contribution is 7.98. The van der Waals surface area contributed by atoms with Crippen LogP contribution in [0.2, 0.25) is 0 Å². The lowest BCUT2D eigenvalue weighted by Crippen LogP contribution is -1.96. The summed E-state index contributed by atoms with van der Waals surface area (Å²) in [5.74, 6) is 2.17. The first-order valence-electron chi connectivity index (χ1n) is 8.50. The van der Waals surface area contributed by atoms with Gasteiger partial charge in [-0.15, -0.1) is 0 Å². The highest BCUT2D eigenvalue weighted by atomic mass is 32.2. The number of thioether (sulfide) groups is 1. The molecule has 5 heteroatoms. The molecular weight excluding hydrogens is 347 g/mol. The van der Waals surface area contributed by atoms with E-state index in [1.807, 2.05) is 31.2 Å². The van der Waals surface area contributed by atoms with E-state index >= 15 is 0 Å². The summed E-state index contributed by atoms with van der Waals surface area (Å²) in [6.45, 7) is 6.22. The summed E-state index contributed by atoms with van der Waals surface area (Å²) in [5, 5.41) is 0.643. The number of ether oxygens (including phenoxy) is 1. The Labute approximate surface area is 157 Å². The molecule has 0 saturated carbocycles. The van der Waals surface area contributed by atoms with Crippen LogP contribution in [0.3, 0.4) is 0 Å². The van der Waals surface area contributed by atoms with E-state index in [1.54, 1.807) is 12.1 Å². The van der Waals surface area contributed by atoms with Gasteiger partial charge in [-0.25, -0.2) is 9.37 Å². The van der Waals surface area contributed by atoms with Gasteiger partial charge >= 0.3 is 0 Å². The largest absolute Gasteiger partial charge is 0.439 e. The fourth-order valence-electron chi connectivity index (χ4n) is 2.42. The Bertz CT molecular complexity index is 881. The third-order valence-corrected chi connectivity index (χ3v) is 4.76. The molecule has 1 heterocycles. The maximum Gasteiger partial charge on any atom is 0.223 e. The molecule has 0 unspecified atom stereocenters. The van der Waals surface area contributed by atoms with Crippen LogP contribution in [0.5, 0.6) is 11.6 Å². The minimum Gasteiger partial charge on any atom is -0.439 e. The van der Waals surface area contributed by atoms with Crippen LogP contribution >= 0.6 is 11.8 Å². The van der Waals surface area contributed by atoms with Gasteiger partial charge in [-0.05, 0) is 48.2 Å². The molecule has 1 aromatic heterocycles. The normalized spacial score (nSPS) is 11.0. The second-order valence-electron chi connectivity index (χ2n) is 6.37. The topological polar surface area (TPSA) is 35.0 Å². The molecule has 2 aromatic carbocycles. The molecule has 26 heavy (non-hydrogen) atoms. The fraction of sp³-hybridized carbons (Fsp3) is 0.238. The van der Waals surface area contributed by atoms with Crippen LogP contribution in [-0.4, -0.2) is 9.97 Å². The molecule has 0 fully saturated rings. The van der Waals surface area contributed by atoms with Crippen molar-refractivity contribution in [2.45, 2.75) is 37.6 Å². The molecule has 0 atom stereocenters. The molecular formula is C21H21FN2OS. The number of aryl methyl sites for hydroxylation is 1. The number of benzene rings is 2. The van der Waals surface area contributed by atoms with Gasteiger partial charge in [0, 0.05) is 17.5 Å². The van der Waals surface area contributed by atoms with E-state index in [0.29, 0.717) is 22.7 Å².